The molecule has 0 saturated carbocycles. The Morgan fingerprint density at radius 1 is 1.25 bits per heavy atom. The van der Waals surface area contributed by atoms with Crippen LogP contribution in [0.15, 0.2) is 42.0 Å². The monoisotopic (exact) mass is 283 g/mol. The van der Waals surface area contributed by atoms with Gasteiger partial charge in [0.05, 0.1) is 0 Å². The molecule has 1 aliphatic heterocycles. The molecule has 3 heterocycles. The maximum absolute atomic E-state index is 12.5. The maximum atomic E-state index is 12.5. The van der Waals surface area contributed by atoms with Gasteiger partial charge in [0.1, 0.15) is 5.69 Å². The molecular formula is C15H13N3OS. The fourth-order valence-corrected chi connectivity index (χ4v) is 3.36. The van der Waals surface area contributed by atoms with E-state index in [0.717, 1.165) is 17.9 Å². The van der Waals surface area contributed by atoms with Gasteiger partial charge in [-0.2, -0.15) is 0 Å². The molecule has 0 unspecified atom stereocenters. The first-order valence-electron chi connectivity index (χ1n) is 6.59. The van der Waals surface area contributed by atoms with Gasteiger partial charge in [0.15, 0.2) is 4.96 Å². The lowest BCUT2D eigenvalue weighted by atomic mass is 10.00. The SMILES string of the molecule is O=C(c1cn2ccsc2n1)N1CCc2ccccc2C1. The van der Waals surface area contributed by atoms with Gasteiger partial charge in [-0.1, -0.05) is 24.3 Å². The van der Waals surface area contributed by atoms with Crippen LogP contribution in [0.3, 0.4) is 0 Å². The van der Waals surface area contributed by atoms with Crippen molar-refractivity contribution in [1.82, 2.24) is 14.3 Å². The van der Waals surface area contributed by atoms with Crippen LogP contribution in [0.25, 0.3) is 4.96 Å². The molecule has 0 spiro atoms. The van der Waals surface area contributed by atoms with Gasteiger partial charge in [-0.15, -0.1) is 11.3 Å². The van der Waals surface area contributed by atoms with E-state index in [0.29, 0.717) is 12.2 Å². The van der Waals surface area contributed by atoms with Gasteiger partial charge in [0.2, 0.25) is 0 Å². The Kier molecular flexibility index (Phi) is 2.60. The second kappa shape index (κ2) is 4.45. The highest BCUT2D eigenvalue weighted by Gasteiger charge is 2.23. The number of rotatable bonds is 1. The van der Waals surface area contributed by atoms with Gasteiger partial charge in [0.25, 0.3) is 5.91 Å². The van der Waals surface area contributed by atoms with E-state index in [9.17, 15) is 4.79 Å². The summed E-state index contributed by atoms with van der Waals surface area (Å²) < 4.78 is 1.90. The minimum Gasteiger partial charge on any atom is -0.333 e. The smallest absolute Gasteiger partial charge is 0.274 e. The van der Waals surface area contributed by atoms with Crippen LogP contribution in [0, 0.1) is 0 Å². The van der Waals surface area contributed by atoms with Crippen LogP contribution in [0.4, 0.5) is 0 Å². The number of hydrogen-bond acceptors (Lipinski definition) is 3. The first-order valence-corrected chi connectivity index (χ1v) is 7.47. The number of aromatic nitrogens is 2. The van der Waals surface area contributed by atoms with E-state index in [1.165, 1.54) is 11.1 Å². The molecule has 0 bridgehead atoms. The molecule has 20 heavy (non-hydrogen) atoms. The zero-order chi connectivity index (χ0) is 13.5. The number of thiazole rings is 1. The number of fused-ring (bicyclic) bond motifs is 2. The summed E-state index contributed by atoms with van der Waals surface area (Å²) in [4.78, 5) is 19.7. The van der Waals surface area contributed by atoms with Crippen LogP contribution in [-0.2, 0) is 13.0 Å². The second-order valence-electron chi connectivity index (χ2n) is 4.96. The maximum Gasteiger partial charge on any atom is 0.274 e. The summed E-state index contributed by atoms with van der Waals surface area (Å²) in [5, 5.41) is 1.97. The standard InChI is InChI=1S/C15H13N3OS/c19-14(13-10-18-7-8-20-15(18)16-13)17-6-5-11-3-1-2-4-12(11)9-17/h1-4,7-8,10H,5-6,9H2. The summed E-state index contributed by atoms with van der Waals surface area (Å²) in [7, 11) is 0. The van der Waals surface area contributed by atoms with E-state index in [2.05, 4.69) is 23.2 Å². The summed E-state index contributed by atoms with van der Waals surface area (Å²) in [6, 6.07) is 8.32. The Bertz CT molecular complexity index is 761. The van der Waals surface area contributed by atoms with Crippen molar-refractivity contribution in [3.05, 3.63) is 58.9 Å². The molecule has 0 fully saturated rings. The van der Waals surface area contributed by atoms with Gasteiger partial charge in [0, 0.05) is 30.9 Å². The van der Waals surface area contributed by atoms with Gasteiger partial charge in [-0.25, -0.2) is 4.98 Å². The molecule has 0 aliphatic carbocycles. The highest BCUT2D eigenvalue weighted by Crippen LogP contribution is 2.20. The second-order valence-corrected chi connectivity index (χ2v) is 5.84. The summed E-state index contributed by atoms with van der Waals surface area (Å²) in [6.07, 6.45) is 4.66. The predicted molar refractivity (Wildman–Crippen MR) is 78.0 cm³/mol. The van der Waals surface area contributed by atoms with Crippen molar-refractivity contribution < 1.29 is 4.79 Å². The Morgan fingerprint density at radius 2 is 2.10 bits per heavy atom. The van der Waals surface area contributed by atoms with Crippen molar-refractivity contribution in [3.8, 4) is 0 Å². The average Bonchev–Trinajstić information content (AvgIpc) is 3.07. The van der Waals surface area contributed by atoms with E-state index in [-0.39, 0.29) is 5.91 Å². The lowest BCUT2D eigenvalue weighted by Crippen LogP contribution is -2.36. The van der Waals surface area contributed by atoms with Crippen molar-refractivity contribution in [2.24, 2.45) is 0 Å². The zero-order valence-electron chi connectivity index (χ0n) is 10.8. The molecule has 3 aromatic rings. The molecule has 1 aliphatic rings. The molecule has 1 amide bonds. The first kappa shape index (κ1) is 11.7. The number of carbonyl (C=O) groups is 1. The van der Waals surface area contributed by atoms with Crippen molar-refractivity contribution in [3.63, 3.8) is 0 Å². The average molecular weight is 283 g/mol. The van der Waals surface area contributed by atoms with Crippen LogP contribution in [0.2, 0.25) is 0 Å². The normalized spacial score (nSPS) is 14.5. The number of hydrogen-bond donors (Lipinski definition) is 0. The van der Waals surface area contributed by atoms with E-state index >= 15 is 0 Å². The topological polar surface area (TPSA) is 37.6 Å². The van der Waals surface area contributed by atoms with Crippen LogP contribution in [-0.4, -0.2) is 26.7 Å². The van der Waals surface area contributed by atoms with E-state index < -0.39 is 0 Å². The number of nitrogens with zero attached hydrogens (tertiary/aromatic N) is 3. The number of carbonyl (C=O) groups excluding carboxylic acids is 1. The fraction of sp³-hybridized carbons (Fsp3) is 0.200. The Labute approximate surface area is 120 Å². The third-order valence-electron chi connectivity index (χ3n) is 3.73. The lowest BCUT2D eigenvalue weighted by molar-refractivity contribution is 0.0729. The molecule has 0 N–H and O–H groups in total. The number of amides is 1. The Hall–Kier alpha value is -2.14. The summed E-state index contributed by atoms with van der Waals surface area (Å²) in [5.41, 5.74) is 3.13. The fourth-order valence-electron chi connectivity index (χ4n) is 2.66. The van der Waals surface area contributed by atoms with Gasteiger partial charge in [-0.3, -0.25) is 9.20 Å². The molecule has 4 rings (SSSR count). The summed E-state index contributed by atoms with van der Waals surface area (Å²) >= 11 is 1.54. The minimum absolute atomic E-state index is 0.0235. The van der Waals surface area contributed by atoms with Gasteiger partial charge >= 0.3 is 0 Å². The van der Waals surface area contributed by atoms with E-state index in [4.69, 9.17) is 0 Å². The largest absolute Gasteiger partial charge is 0.333 e. The van der Waals surface area contributed by atoms with E-state index in [1.807, 2.05) is 33.1 Å². The molecule has 0 radical (unpaired) electrons. The lowest BCUT2D eigenvalue weighted by Gasteiger charge is -2.28. The predicted octanol–water partition coefficient (Wildman–Crippen LogP) is 2.59. The Balaban J connectivity index is 1.62. The molecule has 100 valence electrons. The van der Waals surface area contributed by atoms with Gasteiger partial charge < -0.3 is 4.90 Å². The quantitative estimate of drug-likeness (QED) is 0.688. The molecule has 2 aromatic heterocycles. The van der Waals surface area contributed by atoms with Crippen molar-refractivity contribution in [2.45, 2.75) is 13.0 Å². The van der Waals surface area contributed by atoms with Crippen LogP contribution in [0.5, 0.6) is 0 Å². The third kappa shape index (κ3) is 1.82. The highest BCUT2D eigenvalue weighted by molar-refractivity contribution is 7.15. The number of imidazole rings is 1. The van der Waals surface area contributed by atoms with Crippen LogP contribution >= 0.6 is 11.3 Å². The highest BCUT2D eigenvalue weighted by atomic mass is 32.1. The first-order chi connectivity index (χ1) is 9.81. The molecule has 0 saturated heterocycles. The van der Waals surface area contributed by atoms with Crippen molar-refractivity contribution in [1.29, 1.82) is 0 Å². The van der Waals surface area contributed by atoms with Gasteiger partial charge in [-0.05, 0) is 17.5 Å². The molecule has 5 heteroatoms. The van der Waals surface area contributed by atoms with Crippen LogP contribution < -0.4 is 0 Å². The molecule has 0 atom stereocenters. The summed E-state index contributed by atoms with van der Waals surface area (Å²) in [5.74, 6) is 0.0235. The minimum atomic E-state index is 0.0235. The van der Waals surface area contributed by atoms with E-state index in [1.54, 1.807) is 11.3 Å². The Morgan fingerprint density at radius 3 is 2.95 bits per heavy atom. The third-order valence-corrected chi connectivity index (χ3v) is 4.50. The zero-order valence-corrected chi connectivity index (χ0v) is 11.6. The molecule has 1 aromatic carbocycles. The molecular weight excluding hydrogens is 270 g/mol. The summed E-state index contributed by atoms with van der Waals surface area (Å²) in [6.45, 7) is 1.45. The van der Waals surface area contributed by atoms with Crippen LogP contribution in [0.1, 0.15) is 21.6 Å². The number of benzene rings is 1. The molecule has 4 nitrogen and oxygen atoms in total. The van der Waals surface area contributed by atoms with Crippen molar-refractivity contribution >= 4 is 22.2 Å². The van der Waals surface area contributed by atoms with Crippen molar-refractivity contribution in [2.75, 3.05) is 6.54 Å².